The number of hydrogen-bond acceptors (Lipinski definition) is 6. The molecule has 0 aliphatic carbocycles. The first kappa shape index (κ1) is 20.7. The molecule has 2 aromatic heterocycles. The number of nitrogens with one attached hydrogen (secondary N) is 1. The van der Waals surface area contributed by atoms with Gasteiger partial charge in [-0.25, -0.2) is 9.97 Å². The Hall–Kier alpha value is -2.54. The second-order valence-electron chi connectivity index (χ2n) is 7.18. The summed E-state index contributed by atoms with van der Waals surface area (Å²) in [6, 6.07) is 11.2. The van der Waals surface area contributed by atoms with E-state index in [2.05, 4.69) is 20.2 Å². The highest BCUT2D eigenvalue weighted by molar-refractivity contribution is 6.33. The molecular formula is C22H23Cl2N5O. The van der Waals surface area contributed by atoms with Gasteiger partial charge in [0.05, 0.1) is 0 Å². The highest BCUT2D eigenvalue weighted by Gasteiger charge is 2.16. The summed E-state index contributed by atoms with van der Waals surface area (Å²) in [5, 5.41) is 4.53. The molecule has 1 fully saturated rings. The van der Waals surface area contributed by atoms with Gasteiger partial charge in [-0.3, -0.25) is 0 Å². The summed E-state index contributed by atoms with van der Waals surface area (Å²) >= 11 is 12.4. The fourth-order valence-corrected chi connectivity index (χ4v) is 3.88. The predicted octanol–water partition coefficient (Wildman–Crippen LogP) is 4.58. The molecule has 156 valence electrons. The Morgan fingerprint density at radius 3 is 2.53 bits per heavy atom. The van der Waals surface area contributed by atoms with Crippen LogP contribution in [0, 0.1) is 0 Å². The molecule has 3 aromatic rings. The fourth-order valence-electron chi connectivity index (χ4n) is 3.43. The van der Waals surface area contributed by atoms with Crippen molar-refractivity contribution < 1.29 is 4.74 Å². The van der Waals surface area contributed by atoms with Crippen LogP contribution in [0.25, 0.3) is 11.1 Å². The lowest BCUT2D eigenvalue weighted by molar-refractivity contribution is 0.228. The lowest BCUT2D eigenvalue weighted by Gasteiger charge is -2.28. The molecule has 1 aliphatic rings. The Balaban J connectivity index is 1.55. The van der Waals surface area contributed by atoms with Crippen LogP contribution in [0.15, 0.2) is 48.8 Å². The molecule has 4 rings (SSSR count). The van der Waals surface area contributed by atoms with Gasteiger partial charge in [0.1, 0.15) is 11.9 Å². The zero-order valence-corrected chi connectivity index (χ0v) is 18.1. The zero-order valence-electron chi connectivity index (χ0n) is 16.6. The second-order valence-corrected chi connectivity index (χ2v) is 8.02. The van der Waals surface area contributed by atoms with Crippen molar-refractivity contribution in [2.24, 2.45) is 0 Å². The predicted molar refractivity (Wildman–Crippen MR) is 122 cm³/mol. The van der Waals surface area contributed by atoms with Crippen LogP contribution >= 0.6 is 23.2 Å². The number of hydrogen-bond donors (Lipinski definition) is 2. The largest absolute Gasteiger partial charge is 0.482 e. The van der Waals surface area contributed by atoms with Crippen LogP contribution in [0.1, 0.15) is 18.6 Å². The number of nitrogen functional groups attached to an aromatic ring is 1. The Bertz CT molecular complexity index is 1020. The van der Waals surface area contributed by atoms with E-state index >= 15 is 0 Å². The van der Waals surface area contributed by atoms with Crippen LogP contribution in [0.4, 0.5) is 11.6 Å². The van der Waals surface area contributed by atoms with E-state index in [-0.39, 0.29) is 6.10 Å². The van der Waals surface area contributed by atoms with Crippen LogP contribution in [0.5, 0.6) is 5.75 Å². The van der Waals surface area contributed by atoms with Crippen LogP contribution in [-0.2, 0) is 0 Å². The van der Waals surface area contributed by atoms with Crippen LogP contribution < -0.4 is 20.7 Å². The third kappa shape index (κ3) is 4.61. The molecule has 0 spiro atoms. The Morgan fingerprint density at radius 1 is 1.03 bits per heavy atom. The molecule has 0 radical (unpaired) electrons. The van der Waals surface area contributed by atoms with Gasteiger partial charge in [0.25, 0.3) is 0 Å². The number of pyridine rings is 2. The summed E-state index contributed by atoms with van der Waals surface area (Å²) in [4.78, 5) is 11.2. The number of rotatable bonds is 5. The first-order chi connectivity index (χ1) is 14.5. The second kappa shape index (κ2) is 9.08. The molecule has 1 aliphatic heterocycles. The summed E-state index contributed by atoms with van der Waals surface area (Å²) in [7, 11) is 0. The summed E-state index contributed by atoms with van der Waals surface area (Å²) in [6.45, 7) is 5.75. The van der Waals surface area contributed by atoms with E-state index < -0.39 is 0 Å². The van der Waals surface area contributed by atoms with Gasteiger partial charge in [-0.05, 0) is 43.3 Å². The molecule has 0 unspecified atom stereocenters. The third-order valence-corrected chi connectivity index (χ3v) is 5.68. The summed E-state index contributed by atoms with van der Waals surface area (Å²) in [5.41, 5.74) is 8.67. The van der Waals surface area contributed by atoms with Gasteiger partial charge in [-0.2, -0.15) is 0 Å². The average Bonchev–Trinajstić information content (AvgIpc) is 2.77. The van der Waals surface area contributed by atoms with Gasteiger partial charge in [-0.1, -0.05) is 23.2 Å². The molecule has 0 amide bonds. The van der Waals surface area contributed by atoms with Crippen LogP contribution in [-0.4, -0.2) is 36.1 Å². The number of nitrogens with two attached hydrogens (primary N) is 1. The van der Waals surface area contributed by atoms with Crippen molar-refractivity contribution in [1.82, 2.24) is 15.3 Å². The van der Waals surface area contributed by atoms with Crippen LogP contribution in [0.2, 0.25) is 10.0 Å². The number of anilines is 2. The third-order valence-electron chi connectivity index (χ3n) is 5.10. The summed E-state index contributed by atoms with van der Waals surface area (Å²) in [5.74, 6) is 1.78. The summed E-state index contributed by atoms with van der Waals surface area (Å²) < 4.78 is 6.08. The van der Waals surface area contributed by atoms with Gasteiger partial charge in [-0.15, -0.1) is 0 Å². The molecule has 3 heterocycles. The standard InChI is InChI=1S/C22H23Cl2N5O/c1-14(18-11-17(23)3-4-19(18)24)30-20-10-16(13-28-22(20)25)15-2-5-21(27-12-15)29-8-6-26-7-9-29/h2-5,10-14,26H,6-9H2,1H3,(H2,25,28)/t14-/m1/s1. The van der Waals surface area contributed by atoms with Gasteiger partial charge >= 0.3 is 0 Å². The molecule has 30 heavy (non-hydrogen) atoms. The minimum atomic E-state index is -0.344. The quantitative estimate of drug-likeness (QED) is 0.600. The maximum Gasteiger partial charge on any atom is 0.166 e. The van der Waals surface area contributed by atoms with Gasteiger partial charge in [0, 0.05) is 65.3 Å². The molecule has 0 bridgehead atoms. The van der Waals surface area contributed by atoms with E-state index in [9.17, 15) is 0 Å². The number of aromatic nitrogens is 2. The number of benzene rings is 1. The lowest BCUT2D eigenvalue weighted by atomic mass is 10.1. The van der Waals surface area contributed by atoms with E-state index in [1.54, 1.807) is 24.4 Å². The van der Waals surface area contributed by atoms with Gasteiger partial charge in [0.2, 0.25) is 0 Å². The van der Waals surface area contributed by atoms with Crippen LogP contribution in [0.3, 0.4) is 0 Å². The van der Waals surface area contributed by atoms with Gasteiger partial charge in [0.15, 0.2) is 11.6 Å². The average molecular weight is 444 g/mol. The number of halogens is 2. The molecule has 0 saturated carbocycles. The van der Waals surface area contributed by atoms with Gasteiger partial charge < -0.3 is 20.7 Å². The molecule has 1 aromatic carbocycles. The zero-order chi connectivity index (χ0) is 21.1. The van der Waals surface area contributed by atoms with E-state index in [0.29, 0.717) is 21.6 Å². The molecule has 8 heteroatoms. The van der Waals surface area contributed by atoms with E-state index in [1.165, 1.54) is 0 Å². The Morgan fingerprint density at radius 2 is 1.80 bits per heavy atom. The Kier molecular flexibility index (Phi) is 6.27. The highest BCUT2D eigenvalue weighted by atomic mass is 35.5. The normalized spacial score (nSPS) is 15.1. The molecule has 6 nitrogen and oxygen atoms in total. The van der Waals surface area contributed by atoms with Crippen molar-refractivity contribution >= 4 is 34.8 Å². The molecule has 3 N–H and O–H groups in total. The van der Waals surface area contributed by atoms with E-state index in [1.807, 2.05) is 31.3 Å². The number of nitrogens with zero attached hydrogens (tertiary/aromatic N) is 3. The van der Waals surface area contributed by atoms with E-state index in [4.69, 9.17) is 33.7 Å². The topological polar surface area (TPSA) is 76.3 Å². The number of piperazine rings is 1. The smallest absolute Gasteiger partial charge is 0.166 e. The molecule has 1 saturated heterocycles. The number of ether oxygens (including phenoxy) is 1. The van der Waals surface area contributed by atoms with E-state index in [0.717, 1.165) is 48.7 Å². The first-order valence-electron chi connectivity index (χ1n) is 9.80. The first-order valence-corrected chi connectivity index (χ1v) is 10.6. The van der Waals surface area contributed by atoms with Crippen molar-refractivity contribution in [3.63, 3.8) is 0 Å². The summed E-state index contributed by atoms with van der Waals surface area (Å²) in [6.07, 6.45) is 3.23. The minimum Gasteiger partial charge on any atom is -0.482 e. The molecular weight excluding hydrogens is 421 g/mol. The van der Waals surface area contributed by atoms with Crippen molar-refractivity contribution in [3.8, 4) is 16.9 Å². The highest BCUT2D eigenvalue weighted by Crippen LogP contribution is 2.33. The van der Waals surface area contributed by atoms with Crippen molar-refractivity contribution in [1.29, 1.82) is 0 Å². The SMILES string of the molecule is C[C@@H](Oc1cc(-c2ccc(N3CCNCC3)nc2)cnc1N)c1cc(Cl)ccc1Cl. The van der Waals surface area contributed by atoms with Crippen molar-refractivity contribution in [2.75, 3.05) is 36.8 Å². The lowest BCUT2D eigenvalue weighted by Crippen LogP contribution is -2.43. The minimum absolute atomic E-state index is 0.314. The monoisotopic (exact) mass is 443 g/mol. The fraction of sp³-hybridized carbons (Fsp3) is 0.273. The van der Waals surface area contributed by atoms with Crippen molar-refractivity contribution in [3.05, 3.63) is 64.4 Å². The maximum atomic E-state index is 6.30. The maximum absolute atomic E-state index is 6.30. The van der Waals surface area contributed by atoms with Crippen molar-refractivity contribution in [2.45, 2.75) is 13.0 Å². The Labute approximate surface area is 186 Å². The molecule has 1 atom stereocenters.